The fourth-order valence-electron chi connectivity index (χ4n) is 3.10. The zero-order chi connectivity index (χ0) is 24.6. The Bertz CT molecular complexity index is 1420. The molecule has 0 fully saturated rings. The molecule has 0 aliphatic heterocycles. The Labute approximate surface area is 193 Å². The van der Waals surface area contributed by atoms with Gasteiger partial charge >= 0.3 is 6.18 Å². The van der Waals surface area contributed by atoms with Gasteiger partial charge in [0.2, 0.25) is 0 Å². The van der Waals surface area contributed by atoms with Crippen LogP contribution in [0.1, 0.15) is 16.2 Å². The Morgan fingerprint density at radius 2 is 1.85 bits per heavy atom. The van der Waals surface area contributed by atoms with Crippen molar-refractivity contribution in [2.45, 2.75) is 6.18 Å². The van der Waals surface area contributed by atoms with Gasteiger partial charge in [-0.15, -0.1) is 0 Å². The first-order valence-electron chi connectivity index (χ1n) is 9.44. The van der Waals surface area contributed by atoms with E-state index in [1.807, 2.05) is 0 Å². The lowest BCUT2D eigenvalue weighted by atomic mass is 10.1. The van der Waals surface area contributed by atoms with E-state index < -0.39 is 22.7 Å². The van der Waals surface area contributed by atoms with Gasteiger partial charge in [-0.1, -0.05) is 11.6 Å². The molecule has 2 heterocycles. The van der Waals surface area contributed by atoms with Crippen LogP contribution in [0.25, 0.3) is 16.9 Å². The number of nitrogens with zero attached hydrogens (tertiary/aromatic N) is 4. The molecule has 0 saturated carbocycles. The van der Waals surface area contributed by atoms with Crippen molar-refractivity contribution in [2.24, 2.45) is 0 Å². The second-order valence-electron chi connectivity index (χ2n) is 6.93. The first-order chi connectivity index (χ1) is 16.1. The molecule has 4 aromatic rings. The van der Waals surface area contributed by atoms with Gasteiger partial charge in [0.05, 0.1) is 28.4 Å². The lowest BCUT2D eigenvalue weighted by Crippen LogP contribution is -2.16. The lowest BCUT2D eigenvalue weighted by molar-refractivity contribution is -0.384. The van der Waals surface area contributed by atoms with E-state index in [4.69, 9.17) is 16.3 Å². The Balaban J connectivity index is 1.73. The first-order valence-corrected chi connectivity index (χ1v) is 9.82. The molecule has 0 bridgehead atoms. The maximum absolute atomic E-state index is 13.8. The van der Waals surface area contributed by atoms with E-state index in [1.54, 1.807) is 24.3 Å². The minimum absolute atomic E-state index is 0.0211. The molecule has 1 N–H and O–H groups in total. The molecule has 0 aliphatic rings. The number of nitro benzene ring substituents is 1. The highest BCUT2D eigenvalue weighted by molar-refractivity contribution is 6.34. The number of nitro groups is 1. The van der Waals surface area contributed by atoms with Crippen LogP contribution < -0.4 is 10.1 Å². The van der Waals surface area contributed by atoms with Crippen LogP contribution in [0.3, 0.4) is 0 Å². The second kappa shape index (κ2) is 8.63. The average Bonchev–Trinajstić information content (AvgIpc) is 3.23. The maximum Gasteiger partial charge on any atom is 0.433 e. The van der Waals surface area contributed by atoms with E-state index >= 15 is 0 Å². The summed E-state index contributed by atoms with van der Waals surface area (Å²) in [5.41, 5.74) is -1.54. The van der Waals surface area contributed by atoms with Crippen molar-refractivity contribution in [3.8, 4) is 17.0 Å². The topological polar surface area (TPSA) is 112 Å². The smallest absolute Gasteiger partial charge is 0.433 e. The van der Waals surface area contributed by atoms with Crippen molar-refractivity contribution in [2.75, 3.05) is 12.4 Å². The zero-order valence-corrected chi connectivity index (χ0v) is 17.9. The van der Waals surface area contributed by atoms with Crippen LogP contribution >= 0.6 is 11.6 Å². The molecule has 0 unspecified atom stereocenters. The van der Waals surface area contributed by atoms with Gasteiger partial charge < -0.3 is 10.1 Å². The summed E-state index contributed by atoms with van der Waals surface area (Å²) in [5.74, 6) is -0.352. The molecule has 9 nitrogen and oxygen atoms in total. The van der Waals surface area contributed by atoms with Gasteiger partial charge in [0.15, 0.2) is 17.0 Å². The number of anilines is 1. The molecule has 34 heavy (non-hydrogen) atoms. The summed E-state index contributed by atoms with van der Waals surface area (Å²) in [5, 5.41) is 16.8. The summed E-state index contributed by atoms with van der Waals surface area (Å²) in [7, 11) is 1.46. The van der Waals surface area contributed by atoms with Gasteiger partial charge in [0.25, 0.3) is 11.6 Å². The summed E-state index contributed by atoms with van der Waals surface area (Å²) >= 11 is 5.96. The van der Waals surface area contributed by atoms with E-state index in [1.165, 1.54) is 13.2 Å². The fraction of sp³-hybridized carbons (Fsp3) is 0.0952. The average molecular weight is 492 g/mol. The van der Waals surface area contributed by atoms with Crippen LogP contribution in [0, 0.1) is 10.1 Å². The number of benzene rings is 2. The number of amides is 1. The highest BCUT2D eigenvalue weighted by Gasteiger charge is 2.35. The molecular formula is C21H13ClF3N5O4. The molecule has 2 aromatic carbocycles. The van der Waals surface area contributed by atoms with E-state index in [0.29, 0.717) is 15.8 Å². The monoisotopic (exact) mass is 491 g/mol. The number of carbonyl (C=O) groups excluding carboxylic acids is 1. The number of carbonyl (C=O) groups is 1. The van der Waals surface area contributed by atoms with Gasteiger partial charge in [0.1, 0.15) is 5.75 Å². The predicted molar refractivity (Wildman–Crippen MR) is 116 cm³/mol. The molecule has 13 heteroatoms. The van der Waals surface area contributed by atoms with Crippen molar-refractivity contribution in [3.05, 3.63) is 81.1 Å². The molecule has 0 saturated heterocycles. The van der Waals surface area contributed by atoms with Gasteiger partial charge in [-0.2, -0.15) is 18.3 Å². The van der Waals surface area contributed by atoms with Crippen LogP contribution in [0.2, 0.25) is 5.02 Å². The third-order valence-electron chi connectivity index (χ3n) is 4.75. The summed E-state index contributed by atoms with van der Waals surface area (Å²) in [6.07, 6.45) is -4.79. The van der Waals surface area contributed by atoms with E-state index in [9.17, 15) is 28.1 Å². The third-order valence-corrected chi connectivity index (χ3v) is 5.06. The minimum Gasteiger partial charge on any atom is -0.497 e. The maximum atomic E-state index is 13.8. The molecule has 4 rings (SSSR count). The molecule has 0 spiro atoms. The second-order valence-corrected chi connectivity index (χ2v) is 7.34. The van der Waals surface area contributed by atoms with Crippen molar-refractivity contribution in [1.82, 2.24) is 14.6 Å². The Kier molecular flexibility index (Phi) is 5.83. The molecule has 0 atom stereocenters. The zero-order valence-electron chi connectivity index (χ0n) is 17.1. The number of ether oxygens (including phenoxy) is 1. The number of hydrogen-bond acceptors (Lipinski definition) is 6. The number of non-ortho nitro benzene ring substituents is 1. The van der Waals surface area contributed by atoms with Crippen LogP contribution in [0.4, 0.5) is 24.5 Å². The fourth-order valence-corrected chi connectivity index (χ4v) is 3.32. The first kappa shape index (κ1) is 23.0. The van der Waals surface area contributed by atoms with Gasteiger partial charge in [-0.3, -0.25) is 14.9 Å². The van der Waals surface area contributed by atoms with Crippen LogP contribution in [0.15, 0.2) is 54.6 Å². The van der Waals surface area contributed by atoms with E-state index in [2.05, 4.69) is 15.4 Å². The van der Waals surface area contributed by atoms with Crippen LogP contribution in [-0.2, 0) is 6.18 Å². The number of methoxy groups -OCH3 is 1. The highest BCUT2D eigenvalue weighted by atomic mass is 35.5. The number of aromatic nitrogens is 3. The largest absolute Gasteiger partial charge is 0.497 e. The van der Waals surface area contributed by atoms with Gasteiger partial charge in [-0.25, -0.2) is 9.50 Å². The quantitative estimate of drug-likeness (QED) is 0.302. The third kappa shape index (κ3) is 4.48. The van der Waals surface area contributed by atoms with E-state index in [-0.39, 0.29) is 33.4 Å². The van der Waals surface area contributed by atoms with Crippen LogP contribution in [-0.4, -0.2) is 32.5 Å². The number of hydrogen-bond donors (Lipinski definition) is 1. The van der Waals surface area contributed by atoms with Gasteiger partial charge in [0, 0.05) is 23.8 Å². The SMILES string of the molecule is COc1ccc(-c2cc(C(F)(F)F)n3nc(C(=O)Nc4ccc([N+](=O)[O-])cc4Cl)cc3n2)cc1. The lowest BCUT2D eigenvalue weighted by Gasteiger charge is -2.11. The Morgan fingerprint density at radius 3 is 2.44 bits per heavy atom. The number of fused-ring (bicyclic) bond motifs is 1. The highest BCUT2D eigenvalue weighted by Crippen LogP contribution is 2.33. The minimum atomic E-state index is -4.79. The van der Waals surface area contributed by atoms with Gasteiger partial charge in [-0.05, 0) is 36.4 Å². The summed E-state index contributed by atoms with van der Waals surface area (Å²) in [6.45, 7) is 0. The molecular weight excluding hydrogens is 479 g/mol. The predicted octanol–water partition coefficient (Wildman–Crippen LogP) is 5.24. The molecule has 1 amide bonds. The van der Waals surface area contributed by atoms with Crippen molar-refractivity contribution < 1.29 is 27.6 Å². The molecule has 0 aliphatic carbocycles. The normalized spacial score (nSPS) is 11.4. The summed E-state index contributed by atoms with van der Waals surface area (Å²) in [4.78, 5) is 27.0. The molecule has 174 valence electrons. The standard InChI is InChI=1S/C21H13ClF3N5O4/c1-34-13-5-2-11(3-6-13)16-9-18(21(23,24)25)29-19(26-16)10-17(28-29)20(31)27-15-7-4-12(30(32)33)8-14(15)22/h2-10H,1H3,(H,27,31). The summed E-state index contributed by atoms with van der Waals surface area (Å²) in [6, 6.07) is 11.6. The molecule has 2 aromatic heterocycles. The van der Waals surface area contributed by atoms with Crippen LogP contribution in [0.5, 0.6) is 5.75 Å². The van der Waals surface area contributed by atoms with Crippen molar-refractivity contribution >= 4 is 34.5 Å². The Hall–Kier alpha value is -4.19. The van der Waals surface area contributed by atoms with Crippen molar-refractivity contribution in [3.63, 3.8) is 0 Å². The summed E-state index contributed by atoms with van der Waals surface area (Å²) < 4.78 is 46.9. The van der Waals surface area contributed by atoms with Crippen molar-refractivity contribution in [1.29, 1.82) is 0 Å². The number of alkyl halides is 3. The molecule has 0 radical (unpaired) electrons. The van der Waals surface area contributed by atoms with E-state index in [0.717, 1.165) is 24.3 Å². The number of rotatable bonds is 5. The number of nitrogens with one attached hydrogen (secondary N) is 1. The Morgan fingerprint density at radius 1 is 1.15 bits per heavy atom. The number of halogens is 4.